The molecule has 0 saturated heterocycles. The smallest absolute Gasteiger partial charge is 0.266 e. The SMILES string of the molecule is C=Cc1nc2ccc(F)cc2c(=O)n1-c1ccccc1Cl. The Hall–Kier alpha value is -2.46. The molecule has 0 aliphatic carbocycles. The van der Waals surface area contributed by atoms with Crippen molar-refractivity contribution in [3.63, 3.8) is 0 Å². The van der Waals surface area contributed by atoms with Gasteiger partial charge < -0.3 is 0 Å². The standard InChI is InChI=1S/C16H10ClFN2O/c1-2-15-19-13-8-7-10(18)9-11(13)16(21)20(15)14-6-4-3-5-12(14)17/h2-9H,1H2. The van der Waals surface area contributed by atoms with Gasteiger partial charge in [-0.1, -0.05) is 30.3 Å². The fraction of sp³-hybridized carbons (Fsp3) is 0. The lowest BCUT2D eigenvalue weighted by Crippen LogP contribution is -2.22. The van der Waals surface area contributed by atoms with E-state index in [1.54, 1.807) is 24.3 Å². The third kappa shape index (κ3) is 2.23. The van der Waals surface area contributed by atoms with E-state index in [1.165, 1.54) is 28.8 Å². The topological polar surface area (TPSA) is 34.9 Å². The molecule has 1 aromatic heterocycles. The maximum Gasteiger partial charge on any atom is 0.266 e. The molecule has 3 nitrogen and oxygen atoms in total. The van der Waals surface area contributed by atoms with Crippen molar-refractivity contribution >= 4 is 28.6 Å². The molecule has 21 heavy (non-hydrogen) atoms. The highest BCUT2D eigenvalue weighted by molar-refractivity contribution is 6.32. The largest absolute Gasteiger partial charge is 0.268 e. The van der Waals surface area contributed by atoms with Crippen molar-refractivity contribution in [3.05, 3.63) is 76.1 Å². The van der Waals surface area contributed by atoms with Gasteiger partial charge >= 0.3 is 0 Å². The Morgan fingerprint density at radius 3 is 2.71 bits per heavy atom. The first kappa shape index (κ1) is 13.5. The fourth-order valence-corrected chi connectivity index (χ4v) is 2.40. The quantitative estimate of drug-likeness (QED) is 0.721. The molecule has 0 spiro atoms. The second-order valence-electron chi connectivity index (χ2n) is 4.43. The number of halogens is 2. The lowest BCUT2D eigenvalue weighted by Gasteiger charge is -2.12. The van der Waals surface area contributed by atoms with Crippen molar-refractivity contribution in [3.8, 4) is 5.69 Å². The zero-order chi connectivity index (χ0) is 15.0. The molecule has 0 atom stereocenters. The monoisotopic (exact) mass is 300 g/mol. The van der Waals surface area contributed by atoms with E-state index in [4.69, 9.17) is 11.6 Å². The molecule has 104 valence electrons. The van der Waals surface area contributed by atoms with E-state index in [9.17, 15) is 9.18 Å². The zero-order valence-corrected chi connectivity index (χ0v) is 11.6. The third-order valence-electron chi connectivity index (χ3n) is 3.13. The van der Waals surface area contributed by atoms with Gasteiger partial charge in [-0.2, -0.15) is 0 Å². The van der Waals surface area contributed by atoms with E-state index in [-0.39, 0.29) is 10.9 Å². The molecule has 0 radical (unpaired) electrons. The number of benzene rings is 2. The Labute approximate surface area is 124 Å². The molecular formula is C16H10ClFN2O. The fourth-order valence-electron chi connectivity index (χ4n) is 2.18. The van der Waals surface area contributed by atoms with E-state index in [1.807, 2.05) is 0 Å². The number of para-hydroxylation sites is 1. The molecule has 0 bridgehead atoms. The summed E-state index contributed by atoms with van der Waals surface area (Å²) in [5.41, 5.74) is 0.514. The first-order valence-electron chi connectivity index (χ1n) is 6.21. The van der Waals surface area contributed by atoms with Crippen molar-refractivity contribution in [2.24, 2.45) is 0 Å². The molecule has 2 aromatic carbocycles. The highest BCUT2D eigenvalue weighted by Gasteiger charge is 2.13. The second-order valence-corrected chi connectivity index (χ2v) is 4.83. The van der Waals surface area contributed by atoms with Crippen LogP contribution in [0, 0.1) is 5.82 Å². The first-order valence-corrected chi connectivity index (χ1v) is 6.59. The molecule has 1 heterocycles. The van der Waals surface area contributed by atoms with E-state index < -0.39 is 5.82 Å². The van der Waals surface area contributed by atoms with Gasteiger partial charge in [-0.3, -0.25) is 9.36 Å². The highest BCUT2D eigenvalue weighted by Crippen LogP contribution is 2.21. The Morgan fingerprint density at radius 1 is 1.24 bits per heavy atom. The van der Waals surface area contributed by atoms with Gasteiger partial charge in [-0.25, -0.2) is 9.37 Å². The molecule has 0 N–H and O–H groups in total. The van der Waals surface area contributed by atoms with Gasteiger partial charge in [-0.15, -0.1) is 0 Å². The van der Waals surface area contributed by atoms with Crippen LogP contribution in [0.15, 0.2) is 53.8 Å². The summed E-state index contributed by atoms with van der Waals surface area (Å²) in [5, 5.41) is 0.598. The Balaban J connectivity index is 2.47. The van der Waals surface area contributed by atoms with Gasteiger partial charge in [0.25, 0.3) is 5.56 Å². The van der Waals surface area contributed by atoms with Crippen LogP contribution in [0.25, 0.3) is 22.7 Å². The summed E-state index contributed by atoms with van der Waals surface area (Å²) in [5.74, 6) is -0.134. The van der Waals surface area contributed by atoms with Gasteiger partial charge in [0, 0.05) is 0 Å². The van der Waals surface area contributed by atoms with Crippen molar-refractivity contribution in [1.82, 2.24) is 9.55 Å². The maximum absolute atomic E-state index is 13.4. The maximum atomic E-state index is 13.4. The van der Waals surface area contributed by atoms with E-state index in [2.05, 4.69) is 11.6 Å². The van der Waals surface area contributed by atoms with E-state index in [0.29, 0.717) is 22.1 Å². The van der Waals surface area contributed by atoms with Crippen molar-refractivity contribution in [2.75, 3.05) is 0 Å². The number of hydrogen-bond donors (Lipinski definition) is 0. The molecule has 3 aromatic rings. The Bertz CT molecular complexity index is 918. The summed E-state index contributed by atoms with van der Waals surface area (Å²) < 4.78 is 14.7. The summed E-state index contributed by atoms with van der Waals surface area (Å²) in [7, 11) is 0. The minimum atomic E-state index is -0.488. The minimum absolute atomic E-state index is 0.195. The molecular weight excluding hydrogens is 291 g/mol. The molecule has 5 heteroatoms. The average molecular weight is 301 g/mol. The van der Waals surface area contributed by atoms with E-state index in [0.717, 1.165) is 0 Å². The number of hydrogen-bond acceptors (Lipinski definition) is 2. The van der Waals surface area contributed by atoms with Crippen LogP contribution in [0.2, 0.25) is 5.02 Å². The van der Waals surface area contributed by atoms with Crippen molar-refractivity contribution in [1.29, 1.82) is 0 Å². The van der Waals surface area contributed by atoms with Gasteiger partial charge in [0.05, 0.1) is 21.6 Å². The first-order chi connectivity index (χ1) is 10.1. The second kappa shape index (κ2) is 5.14. The van der Waals surface area contributed by atoms with Crippen LogP contribution in [0.1, 0.15) is 5.82 Å². The molecule has 0 saturated carbocycles. The van der Waals surface area contributed by atoms with Crippen molar-refractivity contribution in [2.45, 2.75) is 0 Å². The lowest BCUT2D eigenvalue weighted by molar-refractivity contribution is 0.629. The van der Waals surface area contributed by atoms with Crippen molar-refractivity contribution < 1.29 is 4.39 Å². The lowest BCUT2D eigenvalue weighted by atomic mass is 10.2. The number of fused-ring (bicyclic) bond motifs is 1. The molecule has 3 rings (SSSR count). The third-order valence-corrected chi connectivity index (χ3v) is 3.45. The minimum Gasteiger partial charge on any atom is -0.268 e. The normalized spacial score (nSPS) is 10.8. The van der Waals surface area contributed by atoms with Gasteiger partial charge in [0.1, 0.15) is 11.6 Å². The van der Waals surface area contributed by atoms with Crippen LogP contribution < -0.4 is 5.56 Å². The Morgan fingerprint density at radius 2 is 2.00 bits per heavy atom. The van der Waals surface area contributed by atoms with Crippen LogP contribution in [0.5, 0.6) is 0 Å². The predicted octanol–water partition coefficient (Wildman–Crippen LogP) is 3.82. The van der Waals surface area contributed by atoms with E-state index >= 15 is 0 Å². The van der Waals surface area contributed by atoms with Crippen LogP contribution in [-0.2, 0) is 0 Å². The van der Waals surface area contributed by atoms with Gasteiger partial charge in [0.2, 0.25) is 0 Å². The van der Waals surface area contributed by atoms with Crippen LogP contribution >= 0.6 is 11.6 Å². The molecule has 0 unspecified atom stereocenters. The average Bonchev–Trinajstić information content (AvgIpc) is 2.49. The van der Waals surface area contributed by atoms with Crippen LogP contribution in [0.4, 0.5) is 4.39 Å². The molecule has 0 aliphatic heterocycles. The summed E-state index contributed by atoms with van der Waals surface area (Å²) >= 11 is 6.15. The zero-order valence-electron chi connectivity index (χ0n) is 10.9. The molecule has 0 aliphatic rings. The van der Waals surface area contributed by atoms with Crippen LogP contribution in [-0.4, -0.2) is 9.55 Å². The predicted molar refractivity (Wildman–Crippen MR) is 82.4 cm³/mol. The highest BCUT2D eigenvalue weighted by atomic mass is 35.5. The summed E-state index contributed by atoms with van der Waals surface area (Å²) in [6.45, 7) is 3.67. The molecule has 0 fully saturated rings. The number of nitrogens with zero attached hydrogens (tertiary/aromatic N) is 2. The number of rotatable bonds is 2. The summed E-state index contributed by atoms with van der Waals surface area (Å²) in [4.78, 5) is 17.0. The number of aromatic nitrogens is 2. The summed E-state index contributed by atoms with van der Waals surface area (Å²) in [6, 6.07) is 10.8. The Kier molecular flexibility index (Phi) is 3.31. The molecule has 0 amide bonds. The summed E-state index contributed by atoms with van der Waals surface area (Å²) in [6.07, 6.45) is 1.47. The van der Waals surface area contributed by atoms with Crippen LogP contribution in [0.3, 0.4) is 0 Å². The van der Waals surface area contributed by atoms with Gasteiger partial charge in [0.15, 0.2) is 0 Å². The van der Waals surface area contributed by atoms with Gasteiger partial charge in [-0.05, 0) is 36.4 Å².